The number of nitrogens with zero attached hydrogens (tertiary/aromatic N) is 4. The molecule has 0 unspecified atom stereocenters. The molecule has 8 heteroatoms. The summed E-state index contributed by atoms with van der Waals surface area (Å²) in [5.74, 6) is 0. The minimum atomic E-state index is -3.33. The number of sulfonamides is 1. The predicted molar refractivity (Wildman–Crippen MR) is 124 cm³/mol. The molecule has 0 aliphatic rings. The van der Waals surface area contributed by atoms with Crippen LogP contribution in [-0.2, 0) is 17.1 Å². The summed E-state index contributed by atoms with van der Waals surface area (Å²) in [6, 6.07) is 15.7. The van der Waals surface area contributed by atoms with E-state index in [1.54, 1.807) is 19.3 Å². The Morgan fingerprint density at radius 1 is 1.00 bits per heavy atom. The maximum absolute atomic E-state index is 11.9. The molecule has 0 fully saturated rings. The topological polar surface area (TPSA) is 83.9 Å². The van der Waals surface area contributed by atoms with Gasteiger partial charge in [0.05, 0.1) is 29.3 Å². The number of anilines is 1. The summed E-state index contributed by atoms with van der Waals surface area (Å²) in [6.45, 7) is 0. The van der Waals surface area contributed by atoms with Gasteiger partial charge in [-0.1, -0.05) is 18.2 Å². The first-order chi connectivity index (χ1) is 14.8. The number of benzene rings is 2. The smallest absolute Gasteiger partial charge is 0.231 e. The van der Waals surface area contributed by atoms with Gasteiger partial charge < -0.3 is 9.55 Å². The van der Waals surface area contributed by atoms with E-state index in [4.69, 9.17) is 0 Å². The number of hydrogen-bond donors (Lipinski definition) is 1. The zero-order valence-corrected chi connectivity index (χ0v) is 18.2. The zero-order chi connectivity index (χ0) is 21.8. The minimum absolute atomic E-state index is 0.607. The molecular formula is C23H21N5O2S. The molecule has 1 N–H and O–H groups in total. The number of aromatic nitrogens is 4. The molecule has 0 spiro atoms. The average Bonchev–Trinajstić information content (AvgIpc) is 3.35. The predicted octanol–water partition coefficient (Wildman–Crippen LogP) is 4.18. The van der Waals surface area contributed by atoms with Gasteiger partial charge in [0.15, 0.2) is 0 Å². The van der Waals surface area contributed by atoms with Gasteiger partial charge in [0.2, 0.25) is 10.0 Å². The second-order valence-electron chi connectivity index (χ2n) is 7.66. The van der Waals surface area contributed by atoms with Crippen molar-refractivity contribution < 1.29 is 8.42 Å². The quantitative estimate of drug-likeness (QED) is 0.463. The first-order valence-corrected chi connectivity index (χ1v) is 11.6. The molecule has 5 aromatic rings. The van der Waals surface area contributed by atoms with Crippen molar-refractivity contribution in [2.75, 3.05) is 17.6 Å². The van der Waals surface area contributed by atoms with Crippen molar-refractivity contribution in [3.63, 3.8) is 0 Å². The Bertz CT molecular complexity index is 1550. The number of aromatic amines is 1. The summed E-state index contributed by atoms with van der Waals surface area (Å²) in [4.78, 5) is 12.2. The van der Waals surface area contributed by atoms with E-state index in [0.717, 1.165) is 44.3 Å². The number of hydrogen-bond acceptors (Lipinski definition) is 4. The van der Waals surface area contributed by atoms with Gasteiger partial charge in [-0.05, 0) is 41.5 Å². The monoisotopic (exact) mass is 431 g/mol. The maximum atomic E-state index is 11.9. The highest BCUT2D eigenvalue weighted by atomic mass is 32.2. The largest absolute Gasteiger partial charge is 0.346 e. The Labute approximate surface area is 180 Å². The highest BCUT2D eigenvalue weighted by molar-refractivity contribution is 7.92. The summed E-state index contributed by atoms with van der Waals surface area (Å²) < 4.78 is 27.1. The molecule has 3 aromatic heterocycles. The van der Waals surface area contributed by atoms with Crippen LogP contribution in [0.1, 0.15) is 0 Å². The number of pyridine rings is 1. The van der Waals surface area contributed by atoms with E-state index in [1.807, 2.05) is 48.4 Å². The van der Waals surface area contributed by atoms with Crippen LogP contribution in [0.5, 0.6) is 0 Å². The molecule has 0 aliphatic heterocycles. The lowest BCUT2D eigenvalue weighted by atomic mass is 10.0. The van der Waals surface area contributed by atoms with E-state index < -0.39 is 10.0 Å². The third-order valence-electron chi connectivity index (χ3n) is 5.61. The molecule has 7 nitrogen and oxygen atoms in total. The summed E-state index contributed by atoms with van der Waals surface area (Å²) in [5.41, 5.74) is 7.37. The van der Waals surface area contributed by atoms with Gasteiger partial charge in [-0.3, -0.25) is 4.31 Å². The molecule has 31 heavy (non-hydrogen) atoms. The van der Waals surface area contributed by atoms with Crippen molar-refractivity contribution in [2.24, 2.45) is 7.05 Å². The number of nitrogens with one attached hydrogen (secondary N) is 1. The van der Waals surface area contributed by atoms with Crippen molar-refractivity contribution in [1.29, 1.82) is 0 Å². The number of fused-ring (bicyclic) bond motifs is 2. The fraction of sp³-hybridized carbons (Fsp3) is 0.130. The molecule has 0 aliphatic carbocycles. The zero-order valence-electron chi connectivity index (χ0n) is 17.4. The summed E-state index contributed by atoms with van der Waals surface area (Å²) >= 11 is 0. The highest BCUT2D eigenvalue weighted by Gasteiger charge is 2.14. The Morgan fingerprint density at radius 2 is 1.84 bits per heavy atom. The van der Waals surface area contributed by atoms with E-state index >= 15 is 0 Å². The number of rotatable bonds is 4. The fourth-order valence-electron chi connectivity index (χ4n) is 3.77. The van der Waals surface area contributed by atoms with Gasteiger partial charge in [-0.25, -0.2) is 18.4 Å². The van der Waals surface area contributed by atoms with Gasteiger partial charge in [0.25, 0.3) is 0 Å². The van der Waals surface area contributed by atoms with Gasteiger partial charge in [0, 0.05) is 43.0 Å². The molecule has 0 saturated heterocycles. The summed E-state index contributed by atoms with van der Waals surface area (Å²) in [6.07, 6.45) is 6.77. The molecule has 3 heterocycles. The van der Waals surface area contributed by atoms with Crippen molar-refractivity contribution in [2.45, 2.75) is 0 Å². The lowest BCUT2D eigenvalue weighted by Crippen LogP contribution is -2.24. The van der Waals surface area contributed by atoms with Crippen LogP contribution in [0.3, 0.4) is 0 Å². The Morgan fingerprint density at radius 3 is 2.65 bits per heavy atom. The fourth-order valence-corrected chi connectivity index (χ4v) is 4.26. The van der Waals surface area contributed by atoms with Gasteiger partial charge >= 0.3 is 0 Å². The van der Waals surface area contributed by atoms with Crippen LogP contribution in [0.2, 0.25) is 0 Å². The van der Waals surface area contributed by atoms with E-state index in [0.29, 0.717) is 5.69 Å². The standard InChI is InChI=1S/C23H21N5O2S/c1-27-14-26-21-8-7-16(11-22(21)27)20-13-25-23-19(20)10-17(12-24-23)15-5-4-6-18(9-15)28(2)31(3,29)30/h4-14H,1-3H3,(H,24,25). The van der Waals surface area contributed by atoms with Crippen molar-refractivity contribution >= 4 is 37.8 Å². The number of H-pyrrole nitrogens is 1. The Balaban J connectivity index is 1.62. The van der Waals surface area contributed by atoms with Crippen LogP contribution < -0.4 is 4.31 Å². The molecule has 5 rings (SSSR count). The van der Waals surface area contributed by atoms with E-state index in [9.17, 15) is 8.42 Å². The van der Waals surface area contributed by atoms with Crippen LogP contribution in [0.4, 0.5) is 5.69 Å². The van der Waals surface area contributed by atoms with Crippen molar-refractivity contribution in [3.05, 3.63) is 67.3 Å². The van der Waals surface area contributed by atoms with Crippen molar-refractivity contribution in [1.82, 2.24) is 19.5 Å². The second-order valence-corrected chi connectivity index (χ2v) is 9.68. The molecule has 0 amide bonds. The van der Waals surface area contributed by atoms with Crippen LogP contribution in [0, 0.1) is 0 Å². The molecular weight excluding hydrogens is 410 g/mol. The van der Waals surface area contributed by atoms with Gasteiger partial charge in [0.1, 0.15) is 5.65 Å². The lowest BCUT2D eigenvalue weighted by Gasteiger charge is -2.17. The normalized spacial score (nSPS) is 12.0. The Kier molecular flexibility index (Phi) is 4.33. The highest BCUT2D eigenvalue weighted by Crippen LogP contribution is 2.33. The second kappa shape index (κ2) is 6.95. The molecule has 0 bridgehead atoms. The van der Waals surface area contributed by atoms with Gasteiger partial charge in [-0.2, -0.15) is 0 Å². The van der Waals surface area contributed by atoms with Crippen LogP contribution >= 0.6 is 0 Å². The minimum Gasteiger partial charge on any atom is -0.346 e. The van der Waals surface area contributed by atoms with Crippen LogP contribution in [0.15, 0.2) is 67.3 Å². The lowest BCUT2D eigenvalue weighted by molar-refractivity contribution is 0.600. The maximum Gasteiger partial charge on any atom is 0.231 e. The molecule has 0 radical (unpaired) electrons. The van der Waals surface area contributed by atoms with E-state index in [2.05, 4.69) is 33.2 Å². The molecule has 156 valence electrons. The first kappa shape index (κ1) is 19.3. The third-order valence-corrected chi connectivity index (χ3v) is 6.81. The number of aryl methyl sites for hydroxylation is 1. The Hall–Kier alpha value is -3.65. The first-order valence-electron chi connectivity index (χ1n) is 9.74. The molecule has 0 saturated carbocycles. The van der Waals surface area contributed by atoms with Crippen LogP contribution in [-0.4, -0.2) is 41.2 Å². The summed E-state index contributed by atoms with van der Waals surface area (Å²) in [5, 5.41) is 1.00. The van der Waals surface area contributed by atoms with Crippen molar-refractivity contribution in [3.8, 4) is 22.3 Å². The molecule has 0 atom stereocenters. The van der Waals surface area contributed by atoms with Gasteiger partial charge in [-0.15, -0.1) is 0 Å². The average molecular weight is 432 g/mol. The van der Waals surface area contributed by atoms with Crippen LogP contribution in [0.25, 0.3) is 44.3 Å². The van der Waals surface area contributed by atoms with E-state index in [1.165, 1.54) is 10.6 Å². The van der Waals surface area contributed by atoms with E-state index in [-0.39, 0.29) is 0 Å². The third kappa shape index (κ3) is 3.34. The number of imidazole rings is 1. The summed E-state index contributed by atoms with van der Waals surface area (Å²) in [7, 11) is 0.197. The molecule has 2 aromatic carbocycles. The SMILES string of the molecule is CN(c1cccc(-c2cnc3[nH]cc(-c4ccc5ncn(C)c5c4)c3c2)c1)S(C)(=O)=O.